The molecule has 0 saturated carbocycles. The van der Waals surface area contributed by atoms with Crippen LogP contribution in [0.15, 0.2) is 66.7 Å². The van der Waals surface area contributed by atoms with Crippen LogP contribution in [0.1, 0.15) is 51.3 Å². The monoisotopic (exact) mass is 326 g/mol. The zero-order chi connectivity index (χ0) is 17.8. The standard InChI is InChI=1S/C25H26/c1-24(2,3)21-12-8-6-10-18(21)17-14-15-20-19-11-7-9-13-22(19)25(4,5)23(20)16-17/h6-16H,1-5H3. The molecule has 0 spiro atoms. The highest BCUT2D eigenvalue weighted by molar-refractivity contribution is 5.84. The topological polar surface area (TPSA) is 0 Å². The van der Waals surface area contributed by atoms with Crippen molar-refractivity contribution in [2.75, 3.05) is 0 Å². The molecule has 0 amide bonds. The zero-order valence-corrected chi connectivity index (χ0v) is 15.9. The Bertz CT molecular complexity index is 952. The molecule has 3 aromatic carbocycles. The molecule has 0 fully saturated rings. The molecule has 0 bridgehead atoms. The van der Waals surface area contributed by atoms with E-state index in [1.807, 2.05) is 0 Å². The minimum Gasteiger partial charge on any atom is -0.0619 e. The van der Waals surface area contributed by atoms with Crippen LogP contribution in [0.4, 0.5) is 0 Å². The first-order chi connectivity index (χ1) is 11.8. The van der Waals surface area contributed by atoms with Gasteiger partial charge in [-0.2, -0.15) is 0 Å². The summed E-state index contributed by atoms with van der Waals surface area (Å²) in [5.74, 6) is 0. The lowest BCUT2D eigenvalue weighted by Crippen LogP contribution is -2.15. The first-order valence-corrected chi connectivity index (χ1v) is 9.14. The molecule has 0 unspecified atom stereocenters. The van der Waals surface area contributed by atoms with Crippen molar-refractivity contribution in [3.63, 3.8) is 0 Å². The molecule has 0 aliphatic heterocycles. The lowest BCUT2D eigenvalue weighted by atomic mass is 9.79. The van der Waals surface area contributed by atoms with Crippen LogP contribution in [0.2, 0.25) is 0 Å². The Labute approximate surface area is 151 Å². The molecule has 0 N–H and O–H groups in total. The van der Waals surface area contributed by atoms with Crippen LogP contribution in [0, 0.1) is 0 Å². The molecule has 1 aliphatic carbocycles. The van der Waals surface area contributed by atoms with Crippen LogP contribution in [-0.2, 0) is 10.8 Å². The van der Waals surface area contributed by atoms with E-state index in [0.29, 0.717) is 0 Å². The highest BCUT2D eigenvalue weighted by Gasteiger charge is 2.35. The molecule has 4 rings (SSSR count). The van der Waals surface area contributed by atoms with Gasteiger partial charge in [-0.05, 0) is 50.4 Å². The summed E-state index contributed by atoms with van der Waals surface area (Å²) in [4.78, 5) is 0. The summed E-state index contributed by atoms with van der Waals surface area (Å²) in [5.41, 5.74) is 9.92. The fraction of sp³-hybridized carbons (Fsp3) is 0.280. The molecule has 0 nitrogen and oxygen atoms in total. The van der Waals surface area contributed by atoms with Crippen LogP contribution in [0.3, 0.4) is 0 Å². The van der Waals surface area contributed by atoms with Crippen molar-refractivity contribution in [2.45, 2.75) is 45.4 Å². The molecule has 0 heteroatoms. The van der Waals surface area contributed by atoms with Gasteiger partial charge < -0.3 is 0 Å². The molecule has 25 heavy (non-hydrogen) atoms. The average molecular weight is 326 g/mol. The summed E-state index contributed by atoms with van der Waals surface area (Å²) < 4.78 is 0. The van der Waals surface area contributed by atoms with E-state index in [1.54, 1.807) is 0 Å². The van der Waals surface area contributed by atoms with Crippen LogP contribution in [-0.4, -0.2) is 0 Å². The van der Waals surface area contributed by atoms with E-state index in [4.69, 9.17) is 0 Å². The van der Waals surface area contributed by atoms with Crippen molar-refractivity contribution in [1.29, 1.82) is 0 Å². The smallest absolute Gasteiger partial charge is 0.0159 e. The zero-order valence-electron chi connectivity index (χ0n) is 15.9. The Kier molecular flexibility index (Phi) is 3.44. The summed E-state index contributed by atoms with van der Waals surface area (Å²) in [5, 5.41) is 0. The molecule has 0 radical (unpaired) electrons. The Hall–Kier alpha value is -2.34. The van der Waals surface area contributed by atoms with Crippen molar-refractivity contribution in [2.24, 2.45) is 0 Å². The van der Waals surface area contributed by atoms with E-state index in [2.05, 4.69) is 101 Å². The summed E-state index contributed by atoms with van der Waals surface area (Å²) in [6.45, 7) is 11.6. The quantitative estimate of drug-likeness (QED) is 0.453. The number of hydrogen-bond donors (Lipinski definition) is 0. The van der Waals surface area contributed by atoms with Gasteiger partial charge in [-0.1, -0.05) is 95.3 Å². The number of fused-ring (bicyclic) bond motifs is 3. The van der Waals surface area contributed by atoms with Gasteiger partial charge in [-0.25, -0.2) is 0 Å². The average Bonchev–Trinajstić information content (AvgIpc) is 2.82. The van der Waals surface area contributed by atoms with E-state index < -0.39 is 0 Å². The van der Waals surface area contributed by atoms with Crippen molar-refractivity contribution >= 4 is 0 Å². The normalized spacial score (nSPS) is 14.9. The predicted octanol–water partition coefficient (Wildman–Crippen LogP) is 6.96. The van der Waals surface area contributed by atoms with E-state index in [9.17, 15) is 0 Å². The second kappa shape index (κ2) is 5.33. The van der Waals surface area contributed by atoms with E-state index in [-0.39, 0.29) is 10.8 Å². The molecule has 3 aromatic rings. The Morgan fingerprint density at radius 3 is 1.96 bits per heavy atom. The highest BCUT2D eigenvalue weighted by atomic mass is 14.4. The predicted molar refractivity (Wildman–Crippen MR) is 108 cm³/mol. The van der Waals surface area contributed by atoms with Gasteiger partial charge in [0.25, 0.3) is 0 Å². The molecule has 0 aromatic heterocycles. The maximum atomic E-state index is 2.42. The SMILES string of the molecule is CC(C)(C)c1ccccc1-c1ccc2c(c1)C(C)(C)c1ccccc1-2. The van der Waals surface area contributed by atoms with Gasteiger partial charge in [0.15, 0.2) is 0 Å². The molecule has 0 heterocycles. The number of hydrogen-bond acceptors (Lipinski definition) is 0. The van der Waals surface area contributed by atoms with Crippen LogP contribution in [0.5, 0.6) is 0 Å². The van der Waals surface area contributed by atoms with Gasteiger partial charge in [0.05, 0.1) is 0 Å². The van der Waals surface area contributed by atoms with Crippen LogP contribution in [0.25, 0.3) is 22.3 Å². The highest BCUT2D eigenvalue weighted by Crippen LogP contribution is 2.49. The van der Waals surface area contributed by atoms with Gasteiger partial charge in [0.2, 0.25) is 0 Å². The molecule has 1 aliphatic rings. The summed E-state index contributed by atoms with van der Waals surface area (Å²) in [7, 11) is 0. The number of rotatable bonds is 1. The Morgan fingerprint density at radius 2 is 1.24 bits per heavy atom. The van der Waals surface area contributed by atoms with Crippen LogP contribution >= 0.6 is 0 Å². The minimum absolute atomic E-state index is 0.0542. The lowest BCUT2D eigenvalue weighted by molar-refractivity contribution is 0.592. The third-order valence-corrected chi connectivity index (χ3v) is 5.63. The van der Waals surface area contributed by atoms with Gasteiger partial charge in [0, 0.05) is 5.41 Å². The summed E-state index contributed by atoms with van der Waals surface area (Å²) in [6, 6.07) is 24.7. The molecular formula is C25H26. The maximum absolute atomic E-state index is 2.42. The summed E-state index contributed by atoms with van der Waals surface area (Å²) >= 11 is 0. The maximum Gasteiger partial charge on any atom is 0.0159 e. The van der Waals surface area contributed by atoms with E-state index >= 15 is 0 Å². The van der Waals surface area contributed by atoms with Gasteiger partial charge in [-0.15, -0.1) is 0 Å². The molecule has 0 atom stereocenters. The molecule has 126 valence electrons. The van der Waals surface area contributed by atoms with E-state index in [1.165, 1.54) is 38.9 Å². The second-order valence-electron chi connectivity index (χ2n) is 8.73. The van der Waals surface area contributed by atoms with Crippen molar-refractivity contribution in [3.05, 3.63) is 83.4 Å². The van der Waals surface area contributed by atoms with Crippen molar-refractivity contribution in [3.8, 4) is 22.3 Å². The first-order valence-electron chi connectivity index (χ1n) is 9.14. The second-order valence-corrected chi connectivity index (χ2v) is 8.73. The fourth-order valence-corrected chi connectivity index (χ4v) is 4.26. The van der Waals surface area contributed by atoms with Crippen LogP contribution < -0.4 is 0 Å². The van der Waals surface area contributed by atoms with Gasteiger partial charge >= 0.3 is 0 Å². The third-order valence-electron chi connectivity index (χ3n) is 5.63. The third kappa shape index (κ3) is 2.43. The van der Waals surface area contributed by atoms with E-state index in [0.717, 1.165) is 0 Å². The Balaban J connectivity index is 1.93. The lowest BCUT2D eigenvalue weighted by Gasteiger charge is -2.25. The number of benzene rings is 3. The molecule has 0 saturated heterocycles. The minimum atomic E-state index is 0.0542. The largest absolute Gasteiger partial charge is 0.0619 e. The van der Waals surface area contributed by atoms with Gasteiger partial charge in [-0.3, -0.25) is 0 Å². The molecular weight excluding hydrogens is 300 g/mol. The van der Waals surface area contributed by atoms with Gasteiger partial charge in [0.1, 0.15) is 0 Å². The van der Waals surface area contributed by atoms with Crippen molar-refractivity contribution < 1.29 is 0 Å². The Morgan fingerprint density at radius 1 is 0.640 bits per heavy atom. The fourth-order valence-electron chi connectivity index (χ4n) is 4.26. The first kappa shape index (κ1) is 16.1. The summed E-state index contributed by atoms with van der Waals surface area (Å²) in [6.07, 6.45) is 0. The van der Waals surface area contributed by atoms with Crippen molar-refractivity contribution in [1.82, 2.24) is 0 Å².